The maximum absolute atomic E-state index is 12.2. The fraction of sp³-hybridized carbons (Fsp3) is 0.476. The van der Waals surface area contributed by atoms with Crippen LogP contribution in [0.2, 0.25) is 0 Å². The first-order valence-electron chi connectivity index (χ1n) is 10.6. The van der Waals surface area contributed by atoms with Gasteiger partial charge in [-0.3, -0.25) is 33.7 Å². The molecule has 3 rings (SSSR count). The zero-order chi connectivity index (χ0) is 24.1. The van der Waals surface area contributed by atoms with Crippen molar-refractivity contribution in [1.29, 1.82) is 0 Å². The van der Waals surface area contributed by atoms with Gasteiger partial charge in [-0.2, -0.15) is 0 Å². The van der Waals surface area contributed by atoms with E-state index in [0.717, 1.165) is 24.2 Å². The number of benzene rings is 1. The Morgan fingerprint density at radius 1 is 1.12 bits per heavy atom. The van der Waals surface area contributed by atoms with Crippen LogP contribution >= 0.6 is 0 Å². The highest BCUT2D eigenvalue weighted by Crippen LogP contribution is 2.30. The summed E-state index contributed by atoms with van der Waals surface area (Å²) in [5.41, 5.74) is -0.536. The Morgan fingerprint density at radius 2 is 1.82 bits per heavy atom. The minimum absolute atomic E-state index is 0.158. The summed E-state index contributed by atoms with van der Waals surface area (Å²) >= 11 is 0. The normalized spacial score (nSPS) is 14.2. The monoisotopic (exact) mass is 460 g/mol. The molecule has 12 nitrogen and oxygen atoms in total. The molecule has 0 bridgehead atoms. The van der Waals surface area contributed by atoms with Crippen molar-refractivity contribution in [2.75, 3.05) is 49.5 Å². The molecular formula is C21H28N6O6. The zero-order valence-corrected chi connectivity index (χ0v) is 18.9. The molecule has 0 aliphatic carbocycles. The largest absolute Gasteiger partial charge is 0.487 e. The molecule has 0 unspecified atom stereocenters. The topological polar surface area (TPSA) is 132 Å². The first kappa shape index (κ1) is 24.0. The van der Waals surface area contributed by atoms with Crippen LogP contribution in [0.15, 0.2) is 33.9 Å². The predicted molar refractivity (Wildman–Crippen MR) is 123 cm³/mol. The number of nitrogens with zero attached hydrogens (tertiary/aromatic N) is 5. The lowest BCUT2D eigenvalue weighted by molar-refractivity contribution is -0.385. The van der Waals surface area contributed by atoms with E-state index in [1.807, 2.05) is 4.90 Å². The van der Waals surface area contributed by atoms with Crippen LogP contribution in [-0.2, 0) is 18.9 Å². The fourth-order valence-electron chi connectivity index (χ4n) is 3.76. The molecule has 33 heavy (non-hydrogen) atoms. The molecule has 1 saturated heterocycles. The van der Waals surface area contributed by atoms with Gasteiger partial charge in [0.05, 0.1) is 11.5 Å². The van der Waals surface area contributed by atoms with E-state index in [1.54, 1.807) is 13.1 Å². The van der Waals surface area contributed by atoms with E-state index < -0.39 is 4.92 Å². The quantitative estimate of drug-likeness (QED) is 0.343. The average molecular weight is 460 g/mol. The van der Waals surface area contributed by atoms with Crippen molar-refractivity contribution in [3.63, 3.8) is 0 Å². The number of piperazine rings is 1. The number of aromatic nitrogens is 2. The van der Waals surface area contributed by atoms with Crippen LogP contribution in [0.5, 0.6) is 5.75 Å². The van der Waals surface area contributed by atoms with Crippen molar-refractivity contribution in [2.45, 2.75) is 13.3 Å². The Balaban J connectivity index is 1.50. The Kier molecular flexibility index (Phi) is 7.48. The van der Waals surface area contributed by atoms with E-state index in [-0.39, 0.29) is 28.6 Å². The standard InChI is InChI=1S/C21H28N6O6/c1-15(28)22-16-5-6-18(17(13-16)27(31)32)33-12-4-7-25-8-10-26(11-9-25)19-14-20(29)24(3)21(30)23(19)2/h5-6,13-14H,4,7-12H2,1-3H3,(H,22,28). The molecular weight excluding hydrogens is 432 g/mol. The summed E-state index contributed by atoms with van der Waals surface area (Å²) in [4.78, 5) is 50.3. The van der Waals surface area contributed by atoms with E-state index >= 15 is 0 Å². The number of ether oxygens (including phenoxy) is 1. The first-order valence-corrected chi connectivity index (χ1v) is 10.6. The third-order valence-corrected chi connectivity index (χ3v) is 5.55. The molecule has 1 aromatic heterocycles. The van der Waals surface area contributed by atoms with Gasteiger partial charge in [-0.05, 0) is 18.6 Å². The molecule has 1 aliphatic heterocycles. The van der Waals surface area contributed by atoms with E-state index in [1.165, 1.54) is 36.7 Å². The van der Waals surface area contributed by atoms with Gasteiger partial charge in [0.2, 0.25) is 5.91 Å². The van der Waals surface area contributed by atoms with Gasteiger partial charge >= 0.3 is 11.4 Å². The van der Waals surface area contributed by atoms with Gasteiger partial charge in [0.25, 0.3) is 5.56 Å². The highest BCUT2D eigenvalue weighted by atomic mass is 16.6. The molecule has 1 fully saturated rings. The zero-order valence-electron chi connectivity index (χ0n) is 18.9. The predicted octanol–water partition coefficient (Wildman–Crippen LogP) is 0.542. The number of anilines is 2. The number of carbonyl (C=O) groups excluding carboxylic acids is 1. The van der Waals surface area contributed by atoms with E-state index in [0.29, 0.717) is 37.6 Å². The van der Waals surface area contributed by atoms with Crippen LogP contribution in [0.25, 0.3) is 0 Å². The summed E-state index contributed by atoms with van der Waals surface area (Å²) in [5.74, 6) is 0.460. The number of hydrogen-bond acceptors (Lipinski definition) is 8. The highest BCUT2D eigenvalue weighted by Gasteiger charge is 2.21. The van der Waals surface area contributed by atoms with Crippen LogP contribution in [0.3, 0.4) is 0 Å². The molecule has 1 N–H and O–H groups in total. The van der Waals surface area contributed by atoms with Gasteiger partial charge in [0.1, 0.15) is 5.82 Å². The number of carbonyl (C=O) groups is 1. The number of hydrogen-bond donors (Lipinski definition) is 1. The number of nitro groups is 1. The number of nitrogens with one attached hydrogen (secondary N) is 1. The second kappa shape index (κ2) is 10.3. The highest BCUT2D eigenvalue weighted by molar-refractivity contribution is 5.89. The van der Waals surface area contributed by atoms with Gasteiger partial charge in [-0.1, -0.05) is 0 Å². The molecule has 178 valence electrons. The minimum Gasteiger partial charge on any atom is -0.487 e. The van der Waals surface area contributed by atoms with Gasteiger partial charge in [0.15, 0.2) is 5.75 Å². The molecule has 12 heteroatoms. The summed E-state index contributed by atoms with van der Waals surface area (Å²) in [6.07, 6.45) is 0.676. The van der Waals surface area contributed by atoms with Gasteiger partial charge < -0.3 is 15.0 Å². The van der Waals surface area contributed by atoms with E-state index in [2.05, 4.69) is 10.2 Å². The lowest BCUT2D eigenvalue weighted by atomic mass is 10.2. The Labute approximate surface area is 190 Å². The third-order valence-electron chi connectivity index (χ3n) is 5.55. The Hall–Kier alpha value is -3.67. The Morgan fingerprint density at radius 3 is 2.45 bits per heavy atom. The van der Waals surface area contributed by atoms with Crippen LogP contribution in [0.1, 0.15) is 13.3 Å². The maximum Gasteiger partial charge on any atom is 0.332 e. The van der Waals surface area contributed by atoms with Crippen LogP contribution < -0.4 is 26.2 Å². The maximum atomic E-state index is 12.2. The Bertz CT molecular complexity index is 1150. The molecule has 0 saturated carbocycles. The lowest BCUT2D eigenvalue weighted by Crippen LogP contribution is -2.49. The van der Waals surface area contributed by atoms with Crippen LogP contribution in [0, 0.1) is 10.1 Å². The van der Waals surface area contributed by atoms with Gasteiger partial charge in [-0.15, -0.1) is 0 Å². The molecule has 0 radical (unpaired) electrons. The molecule has 1 amide bonds. The molecule has 1 aromatic carbocycles. The molecule has 0 spiro atoms. The molecule has 1 aliphatic rings. The third kappa shape index (κ3) is 5.77. The second-order valence-electron chi connectivity index (χ2n) is 7.89. The second-order valence-corrected chi connectivity index (χ2v) is 7.89. The average Bonchev–Trinajstić information content (AvgIpc) is 2.78. The van der Waals surface area contributed by atoms with E-state index in [9.17, 15) is 24.5 Å². The fourth-order valence-corrected chi connectivity index (χ4v) is 3.76. The van der Waals surface area contributed by atoms with Crippen molar-refractivity contribution in [1.82, 2.24) is 14.0 Å². The summed E-state index contributed by atoms with van der Waals surface area (Å²) in [6, 6.07) is 5.80. The molecule has 2 heterocycles. The first-order chi connectivity index (χ1) is 15.7. The van der Waals surface area contributed by atoms with Crippen molar-refractivity contribution in [2.24, 2.45) is 14.1 Å². The molecule has 0 atom stereocenters. The van der Waals surface area contributed by atoms with Crippen molar-refractivity contribution >= 4 is 23.1 Å². The van der Waals surface area contributed by atoms with Crippen LogP contribution in [0.4, 0.5) is 17.2 Å². The van der Waals surface area contributed by atoms with Crippen molar-refractivity contribution in [3.8, 4) is 5.75 Å². The summed E-state index contributed by atoms with van der Waals surface area (Å²) in [7, 11) is 3.11. The minimum atomic E-state index is -0.538. The summed E-state index contributed by atoms with van der Waals surface area (Å²) in [5, 5.41) is 13.8. The SMILES string of the molecule is CC(=O)Nc1ccc(OCCCN2CCN(c3cc(=O)n(C)c(=O)n3C)CC2)c([N+](=O)[O-])c1. The van der Waals surface area contributed by atoms with E-state index in [4.69, 9.17) is 4.74 Å². The number of rotatable bonds is 8. The van der Waals surface area contributed by atoms with Crippen molar-refractivity contribution in [3.05, 3.63) is 55.2 Å². The van der Waals surface area contributed by atoms with Gasteiger partial charge in [0, 0.05) is 71.6 Å². The smallest absolute Gasteiger partial charge is 0.332 e. The van der Waals surface area contributed by atoms with Crippen molar-refractivity contribution < 1.29 is 14.5 Å². The van der Waals surface area contributed by atoms with Crippen LogP contribution in [-0.4, -0.2) is 64.2 Å². The number of amides is 1. The summed E-state index contributed by atoms with van der Waals surface area (Å²) < 4.78 is 8.19. The summed E-state index contributed by atoms with van der Waals surface area (Å²) in [6.45, 7) is 5.27. The van der Waals surface area contributed by atoms with Gasteiger partial charge in [-0.25, -0.2) is 4.79 Å². The number of nitro benzene ring substituents is 1. The lowest BCUT2D eigenvalue weighted by Gasteiger charge is -2.36. The molecule has 2 aromatic rings.